The van der Waals surface area contributed by atoms with Gasteiger partial charge in [-0.25, -0.2) is 4.98 Å². The molecule has 2 aromatic carbocycles. The lowest BCUT2D eigenvalue weighted by molar-refractivity contribution is -0.861. The maximum atomic E-state index is 6.71. The summed E-state index contributed by atoms with van der Waals surface area (Å²) in [5, 5.41) is 2.19. The van der Waals surface area contributed by atoms with Crippen LogP contribution in [0.5, 0.6) is 0 Å². The van der Waals surface area contributed by atoms with Crippen LogP contribution in [0.25, 0.3) is 44.6 Å². The topological polar surface area (TPSA) is 33.8 Å². The van der Waals surface area contributed by atoms with Crippen molar-refractivity contribution in [2.45, 2.75) is 70.9 Å². The van der Waals surface area contributed by atoms with Gasteiger partial charge in [-0.2, -0.15) is 9.13 Å². The Morgan fingerprint density at radius 2 is 1.50 bits per heavy atom. The molecule has 0 N–H and O–H groups in total. The third kappa shape index (κ3) is 3.00. The molecule has 208 valence electrons. The number of rotatable bonds is 5. The summed E-state index contributed by atoms with van der Waals surface area (Å²) in [6, 6.07) is 29.5. The fraction of sp³-hybridized carbons (Fsp3) is 0.289. The number of hydrogen-bond acceptors (Lipinski definition) is 2. The minimum Gasteiger partial charge on any atom is -0.437 e. The van der Waals surface area contributed by atoms with E-state index in [1.54, 1.807) is 0 Å². The summed E-state index contributed by atoms with van der Waals surface area (Å²) in [5.74, 6) is 0. The zero-order chi connectivity index (χ0) is 28.6. The Labute approximate surface area is 247 Å². The molecule has 6 heterocycles. The van der Waals surface area contributed by atoms with E-state index in [0.29, 0.717) is 5.71 Å². The molecule has 0 spiro atoms. The normalized spacial score (nSPS) is 20.1. The zero-order valence-electron chi connectivity index (χ0n) is 24.9. The van der Waals surface area contributed by atoms with Crippen molar-refractivity contribution in [1.29, 1.82) is 0 Å². The molecule has 2 unspecified atom stereocenters. The summed E-state index contributed by atoms with van der Waals surface area (Å²) in [5.41, 5.74) is 11.0. The first-order valence-electron chi connectivity index (χ1n) is 15.6. The van der Waals surface area contributed by atoms with E-state index in [4.69, 9.17) is 9.40 Å². The first-order chi connectivity index (χ1) is 20.6. The predicted octanol–water partition coefficient (Wildman–Crippen LogP) is 8.18. The van der Waals surface area contributed by atoms with Crippen molar-refractivity contribution < 1.29 is 13.6 Å². The Hall–Kier alpha value is -4.31. The van der Waals surface area contributed by atoms with Gasteiger partial charge in [0.25, 0.3) is 11.1 Å². The summed E-state index contributed by atoms with van der Waals surface area (Å²) in [4.78, 5) is 4.79. The van der Waals surface area contributed by atoms with Crippen LogP contribution < -0.4 is 9.13 Å². The second kappa shape index (κ2) is 9.09. The molecule has 0 saturated heterocycles. The van der Waals surface area contributed by atoms with Crippen LogP contribution in [-0.4, -0.2) is 4.98 Å². The molecular formula is C38H37N3O+2. The first-order valence-corrected chi connectivity index (χ1v) is 15.6. The van der Waals surface area contributed by atoms with Gasteiger partial charge in [-0.05, 0) is 55.7 Å². The molecule has 4 nitrogen and oxygen atoms in total. The van der Waals surface area contributed by atoms with Gasteiger partial charge in [0.15, 0.2) is 18.0 Å². The molecular weight excluding hydrogens is 514 g/mol. The number of pyridine rings is 3. The lowest BCUT2D eigenvalue weighted by Gasteiger charge is -2.48. The van der Waals surface area contributed by atoms with Gasteiger partial charge >= 0.3 is 0 Å². The molecule has 8 rings (SSSR count). The van der Waals surface area contributed by atoms with Crippen molar-refractivity contribution >= 4 is 22.1 Å². The lowest BCUT2D eigenvalue weighted by Crippen LogP contribution is -2.81. The van der Waals surface area contributed by atoms with Gasteiger partial charge < -0.3 is 4.42 Å². The highest BCUT2D eigenvalue weighted by atomic mass is 16.3. The minimum absolute atomic E-state index is 0.334. The van der Waals surface area contributed by atoms with Crippen LogP contribution in [0, 0.1) is 6.92 Å². The third-order valence-electron chi connectivity index (χ3n) is 10.2. The van der Waals surface area contributed by atoms with Crippen molar-refractivity contribution in [2.24, 2.45) is 0 Å². The van der Waals surface area contributed by atoms with Crippen LogP contribution in [0.4, 0.5) is 0 Å². The Morgan fingerprint density at radius 3 is 2.33 bits per heavy atom. The maximum Gasteiger partial charge on any atom is 0.262 e. The fourth-order valence-corrected chi connectivity index (χ4v) is 8.49. The highest BCUT2D eigenvalue weighted by molar-refractivity contribution is 6.09. The van der Waals surface area contributed by atoms with Crippen molar-refractivity contribution in [2.75, 3.05) is 0 Å². The zero-order valence-corrected chi connectivity index (χ0v) is 24.9. The van der Waals surface area contributed by atoms with Gasteiger partial charge in [-0.15, -0.1) is 0 Å². The number of nitrogens with zero attached hydrogens (tertiary/aromatic N) is 3. The largest absolute Gasteiger partial charge is 0.437 e. The standard InChI is InChI=1S/C38H37N3O/c1-5-8-13-26-21-23-41-33(24-26)29-14-9-10-15-30(29)37(6-2)38(41,7-3)31-20-19-27-28-18-17-25(4)39-36(28)42-35(27)34(31)32-16-11-12-22-40(32)37/h9-12,14-24H,5-8,13H2,1-4H3/q+2. The van der Waals surface area contributed by atoms with Gasteiger partial charge in [0.2, 0.25) is 17.1 Å². The number of fused-ring (bicyclic) bond motifs is 15. The minimum atomic E-state index is -0.375. The predicted molar refractivity (Wildman–Crippen MR) is 167 cm³/mol. The molecule has 2 aliphatic rings. The number of aryl methyl sites for hydroxylation is 2. The van der Waals surface area contributed by atoms with E-state index in [1.165, 1.54) is 52.0 Å². The van der Waals surface area contributed by atoms with Gasteiger partial charge in [-0.1, -0.05) is 51.5 Å². The lowest BCUT2D eigenvalue weighted by atomic mass is 9.58. The van der Waals surface area contributed by atoms with E-state index < -0.39 is 0 Å². The molecule has 0 saturated carbocycles. The number of aromatic nitrogens is 3. The Balaban J connectivity index is 1.56. The van der Waals surface area contributed by atoms with E-state index in [-0.39, 0.29) is 11.1 Å². The molecule has 4 heteroatoms. The molecule has 4 aromatic heterocycles. The van der Waals surface area contributed by atoms with Crippen LogP contribution in [0.1, 0.15) is 68.8 Å². The average Bonchev–Trinajstić information content (AvgIpc) is 3.40. The highest BCUT2D eigenvalue weighted by Gasteiger charge is 2.73. The van der Waals surface area contributed by atoms with Gasteiger partial charge in [0, 0.05) is 64.7 Å². The van der Waals surface area contributed by atoms with Crippen LogP contribution in [0.3, 0.4) is 0 Å². The van der Waals surface area contributed by atoms with Crippen LogP contribution in [0.15, 0.2) is 95.7 Å². The molecule has 2 atom stereocenters. The Kier molecular flexibility index (Phi) is 5.50. The summed E-state index contributed by atoms with van der Waals surface area (Å²) in [7, 11) is 0. The molecule has 0 radical (unpaired) electrons. The average molecular weight is 552 g/mol. The number of benzene rings is 2. The van der Waals surface area contributed by atoms with E-state index in [2.05, 4.69) is 121 Å². The molecule has 2 aliphatic heterocycles. The van der Waals surface area contributed by atoms with Crippen LogP contribution >= 0.6 is 0 Å². The van der Waals surface area contributed by atoms with E-state index in [0.717, 1.165) is 41.3 Å². The molecule has 0 aliphatic carbocycles. The summed E-state index contributed by atoms with van der Waals surface area (Å²) in [6.45, 7) is 9.03. The molecule has 0 bridgehead atoms. The van der Waals surface area contributed by atoms with Crippen LogP contribution in [0.2, 0.25) is 0 Å². The molecule has 0 fully saturated rings. The summed E-state index contributed by atoms with van der Waals surface area (Å²) < 4.78 is 11.9. The quantitative estimate of drug-likeness (QED) is 0.203. The maximum absolute atomic E-state index is 6.71. The van der Waals surface area contributed by atoms with Crippen molar-refractivity contribution in [3.05, 3.63) is 114 Å². The Morgan fingerprint density at radius 1 is 0.738 bits per heavy atom. The number of furan rings is 1. The van der Waals surface area contributed by atoms with E-state index in [9.17, 15) is 0 Å². The molecule has 6 aromatic rings. The molecule has 0 amide bonds. The smallest absolute Gasteiger partial charge is 0.262 e. The molecule has 42 heavy (non-hydrogen) atoms. The number of hydrogen-bond donors (Lipinski definition) is 0. The van der Waals surface area contributed by atoms with E-state index >= 15 is 0 Å². The second-order valence-electron chi connectivity index (χ2n) is 12.1. The van der Waals surface area contributed by atoms with Gasteiger partial charge in [0.1, 0.15) is 0 Å². The van der Waals surface area contributed by atoms with Crippen molar-refractivity contribution in [3.63, 3.8) is 0 Å². The second-order valence-corrected chi connectivity index (χ2v) is 12.1. The SMILES string of the molecule is CCCCc1cc[n+]2c(c1)-c1ccccc1C1(CC)[n+]3ccccc3-c3c(ccc4c3oc3nc(C)ccc34)C21CC. The van der Waals surface area contributed by atoms with Gasteiger partial charge in [0.05, 0.1) is 11.1 Å². The monoisotopic (exact) mass is 551 g/mol. The summed E-state index contributed by atoms with van der Waals surface area (Å²) >= 11 is 0. The van der Waals surface area contributed by atoms with Crippen molar-refractivity contribution in [1.82, 2.24) is 4.98 Å². The Bertz CT molecular complexity index is 2040. The van der Waals surface area contributed by atoms with Gasteiger partial charge in [-0.3, -0.25) is 0 Å². The fourth-order valence-electron chi connectivity index (χ4n) is 8.49. The van der Waals surface area contributed by atoms with Crippen LogP contribution in [-0.2, 0) is 17.5 Å². The van der Waals surface area contributed by atoms with Crippen molar-refractivity contribution in [3.8, 4) is 22.5 Å². The highest BCUT2D eigenvalue weighted by Crippen LogP contribution is 2.57. The third-order valence-corrected chi connectivity index (χ3v) is 10.2. The van der Waals surface area contributed by atoms with E-state index in [1.807, 2.05) is 6.92 Å². The first kappa shape index (κ1) is 25.4. The summed E-state index contributed by atoms with van der Waals surface area (Å²) in [6.07, 6.45) is 10.1. The number of unbranched alkanes of at least 4 members (excludes halogenated alkanes) is 1.